The van der Waals surface area contributed by atoms with Gasteiger partial charge in [-0.25, -0.2) is 0 Å². The van der Waals surface area contributed by atoms with Gasteiger partial charge in [0, 0.05) is 37.8 Å². The van der Waals surface area contributed by atoms with Gasteiger partial charge in [-0.05, 0) is 19.1 Å². The summed E-state index contributed by atoms with van der Waals surface area (Å²) in [6, 6.07) is 12.7. The minimum absolute atomic E-state index is 0.0391. The molecule has 0 bridgehead atoms. The molecular formula is C19H23N3O3. The average Bonchev–Trinajstić information content (AvgIpc) is 2.64. The molecule has 0 unspecified atom stereocenters. The molecule has 0 spiro atoms. The Morgan fingerprint density at radius 3 is 2.60 bits per heavy atom. The molecule has 6 heteroatoms. The van der Waals surface area contributed by atoms with E-state index in [1.165, 1.54) is 0 Å². The average molecular weight is 341 g/mol. The van der Waals surface area contributed by atoms with Crippen LogP contribution in [0.2, 0.25) is 0 Å². The quantitative estimate of drug-likeness (QED) is 0.902. The van der Waals surface area contributed by atoms with Crippen LogP contribution in [0.5, 0.6) is 11.6 Å². The first kappa shape index (κ1) is 17.1. The standard InChI is InChI=1S/C19H23N3O3/c1-2-25-18-9-5-8-17(20-18)21-10-12-22(13-11-21)19(24)14-15-6-3-4-7-16(15)23/h3-9,23H,2,10-14H2,1H3. The van der Waals surface area contributed by atoms with Crippen LogP contribution in [-0.4, -0.2) is 53.7 Å². The highest BCUT2D eigenvalue weighted by molar-refractivity contribution is 5.79. The van der Waals surface area contributed by atoms with Gasteiger partial charge in [-0.1, -0.05) is 24.3 Å². The third-order valence-electron chi connectivity index (χ3n) is 4.29. The first-order chi connectivity index (χ1) is 12.2. The van der Waals surface area contributed by atoms with Gasteiger partial charge in [-0.15, -0.1) is 0 Å². The van der Waals surface area contributed by atoms with Crippen molar-refractivity contribution in [3.8, 4) is 11.6 Å². The van der Waals surface area contributed by atoms with E-state index in [4.69, 9.17) is 4.74 Å². The van der Waals surface area contributed by atoms with Gasteiger partial charge in [0.25, 0.3) is 0 Å². The number of hydrogen-bond donors (Lipinski definition) is 1. The number of hydrogen-bond acceptors (Lipinski definition) is 5. The topological polar surface area (TPSA) is 65.9 Å². The molecule has 1 amide bonds. The molecule has 1 fully saturated rings. The van der Waals surface area contributed by atoms with Crippen molar-refractivity contribution < 1.29 is 14.6 Å². The van der Waals surface area contributed by atoms with Crippen LogP contribution in [0.3, 0.4) is 0 Å². The first-order valence-corrected chi connectivity index (χ1v) is 8.57. The summed E-state index contributed by atoms with van der Waals surface area (Å²) in [4.78, 5) is 21.0. The molecule has 2 aromatic rings. The van der Waals surface area contributed by atoms with Crippen molar-refractivity contribution >= 4 is 11.7 Å². The van der Waals surface area contributed by atoms with Gasteiger partial charge in [0.15, 0.2) is 0 Å². The number of carbonyl (C=O) groups is 1. The van der Waals surface area contributed by atoms with E-state index in [1.807, 2.05) is 36.1 Å². The van der Waals surface area contributed by atoms with E-state index in [0.29, 0.717) is 31.1 Å². The smallest absolute Gasteiger partial charge is 0.227 e. The molecule has 0 saturated carbocycles. The van der Waals surface area contributed by atoms with Gasteiger partial charge < -0.3 is 19.6 Å². The van der Waals surface area contributed by atoms with Gasteiger partial charge >= 0.3 is 0 Å². The van der Waals surface area contributed by atoms with Crippen LogP contribution in [0.1, 0.15) is 12.5 Å². The van der Waals surface area contributed by atoms with Crippen LogP contribution in [0, 0.1) is 0 Å². The summed E-state index contributed by atoms with van der Waals surface area (Å²) >= 11 is 0. The lowest BCUT2D eigenvalue weighted by Gasteiger charge is -2.35. The van der Waals surface area contributed by atoms with Crippen molar-refractivity contribution in [1.29, 1.82) is 0 Å². The SMILES string of the molecule is CCOc1cccc(N2CCN(C(=O)Cc3ccccc3O)CC2)n1. The zero-order valence-corrected chi connectivity index (χ0v) is 14.4. The lowest BCUT2D eigenvalue weighted by molar-refractivity contribution is -0.130. The number of carbonyl (C=O) groups excluding carboxylic acids is 1. The lowest BCUT2D eigenvalue weighted by Crippen LogP contribution is -2.49. The van der Waals surface area contributed by atoms with E-state index in [2.05, 4.69) is 9.88 Å². The Balaban J connectivity index is 1.57. The van der Waals surface area contributed by atoms with Gasteiger partial charge in [0.1, 0.15) is 11.6 Å². The fourth-order valence-electron chi connectivity index (χ4n) is 2.93. The van der Waals surface area contributed by atoms with E-state index in [9.17, 15) is 9.90 Å². The molecule has 1 saturated heterocycles. The molecule has 1 N–H and O–H groups in total. The fraction of sp³-hybridized carbons (Fsp3) is 0.368. The number of phenolic OH excluding ortho intramolecular Hbond substituents is 1. The van der Waals surface area contributed by atoms with Crippen LogP contribution < -0.4 is 9.64 Å². The normalized spacial score (nSPS) is 14.4. The summed E-state index contributed by atoms with van der Waals surface area (Å²) < 4.78 is 5.45. The maximum absolute atomic E-state index is 12.5. The van der Waals surface area contributed by atoms with E-state index in [0.717, 1.165) is 18.9 Å². The predicted molar refractivity (Wildman–Crippen MR) is 96.0 cm³/mol. The number of ether oxygens (including phenoxy) is 1. The molecule has 1 aliphatic rings. The van der Waals surface area contributed by atoms with Gasteiger partial charge in [-0.2, -0.15) is 4.98 Å². The van der Waals surface area contributed by atoms with Crippen LogP contribution in [0.4, 0.5) is 5.82 Å². The number of amides is 1. The second-order valence-electron chi connectivity index (χ2n) is 5.94. The second-order valence-corrected chi connectivity index (χ2v) is 5.94. The molecular weight excluding hydrogens is 318 g/mol. The molecule has 25 heavy (non-hydrogen) atoms. The zero-order chi connectivity index (χ0) is 17.6. The Morgan fingerprint density at radius 2 is 1.88 bits per heavy atom. The molecule has 0 atom stereocenters. The third-order valence-corrected chi connectivity index (χ3v) is 4.29. The Labute approximate surface area is 147 Å². The van der Waals surface area contributed by atoms with Gasteiger partial charge in [0.2, 0.25) is 11.8 Å². The third kappa shape index (κ3) is 4.21. The largest absolute Gasteiger partial charge is 0.508 e. The molecule has 0 radical (unpaired) electrons. The molecule has 1 aromatic heterocycles. The van der Waals surface area contributed by atoms with Crippen molar-refractivity contribution in [3.63, 3.8) is 0 Å². The number of benzene rings is 1. The predicted octanol–water partition coefficient (Wildman–Crippen LogP) is 2.08. The molecule has 0 aliphatic carbocycles. The number of pyridine rings is 1. The number of phenols is 1. The van der Waals surface area contributed by atoms with Crippen LogP contribution in [0.25, 0.3) is 0 Å². The van der Waals surface area contributed by atoms with E-state index < -0.39 is 0 Å². The molecule has 132 valence electrons. The number of aromatic nitrogens is 1. The monoisotopic (exact) mass is 341 g/mol. The molecule has 3 rings (SSSR count). The van der Waals surface area contributed by atoms with E-state index in [-0.39, 0.29) is 18.1 Å². The summed E-state index contributed by atoms with van der Waals surface area (Å²) in [6.07, 6.45) is 0.227. The summed E-state index contributed by atoms with van der Waals surface area (Å²) in [5.41, 5.74) is 0.668. The van der Waals surface area contributed by atoms with Gasteiger partial charge in [0.05, 0.1) is 13.0 Å². The van der Waals surface area contributed by atoms with Gasteiger partial charge in [-0.3, -0.25) is 4.79 Å². The molecule has 6 nitrogen and oxygen atoms in total. The Bertz CT molecular complexity index is 727. The highest BCUT2D eigenvalue weighted by atomic mass is 16.5. The number of anilines is 1. The number of aromatic hydroxyl groups is 1. The number of para-hydroxylation sites is 1. The van der Waals surface area contributed by atoms with Crippen LogP contribution >= 0.6 is 0 Å². The van der Waals surface area contributed by atoms with Crippen molar-refractivity contribution in [2.24, 2.45) is 0 Å². The highest BCUT2D eigenvalue weighted by Gasteiger charge is 2.22. The van der Waals surface area contributed by atoms with Crippen LogP contribution in [-0.2, 0) is 11.2 Å². The van der Waals surface area contributed by atoms with Crippen molar-refractivity contribution in [2.75, 3.05) is 37.7 Å². The Kier molecular flexibility index (Phi) is 5.38. The Morgan fingerprint density at radius 1 is 1.12 bits per heavy atom. The summed E-state index contributed by atoms with van der Waals surface area (Å²) in [7, 11) is 0. The molecule has 1 aliphatic heterocycles. The van der Waals surface area contributed by atoms with Crippen molar-refractivity contribution in [2.45, 2.75) is 13.3 Å². The second kappa shape index (κ2) is 7.88. The minimum atomic E-state index is 0.0391. The molecule has 2 heterocycles. The molecule has 1 aromatic carbocycles. The van der Waals surface area contributed by atoms with Crippen LogP contribution in [0.15, 0.2) is 42.5 Å². The van der Waals surface area contributed by atoms with Crippen molar-refractivity contribution in [1.82, 2.24) is 9.88 Å². The summed E-state index contributed by atoms with van der Waals surface area (Å²) in [5.74, 6) is 1.71. The zero-order valence-electron chi connectivity index (χ0n) is 14.4. The number of piperazine rings is 1. The summed E-state index contributed by atoms with van der Waals surface area (Å²) in [6.45, 7) is 5.28. The van der Waals surface area contributed by atoms with E-state index >= 15 is 0 Å². The maximum atomic E-state index is 12.5. The number of nitrogens with zero attached hydrogens (tertiary/aromatic N) is 3. The minimum Gasteiger partial charge on any atom is -0.508 e. The van der Waals surface area contributed by atoms with Crippen molar-refractivity contribution in [3.05, 3.63) is 48.0 Å². The van der Waals surface area contributed by atoms with E-state index in [1.54, 1.807) is 18.2 Å². The first-order valence-electron chi connectivity index (χ1n) is 8.57. The Hall–Kier alpha value is -2.76. The fourth-order valence-corrected chi connectivity index (χ4v) is 2.93. The lowest BCUT2D eigenvalue weighted by atomic mass is 10.1. The number of rotatable bonds is 5. The maximum Gasteiger partial charge on any atom is 0.227 e. The highest BCUT2D eigenvalue weighted by Crippen LogP contribution is 2.20. The summed E-state index contributed by atoms with van der Waals surface area (Å²) in [5, 5.41) is 9.82.